The number of ether oxygens (including phenoxy) is 2. The normalized spacial score (nSPS) is 17.0. The zero-order chi connectivity index (χ0) is 16.4. The van der Waals surface area contributed by atoms with Gasteiger partial charge in [0.15, 0.2) is 5.65 Å². The summed E-state index contributed by atoms with van der Waals surface area (Å²) in [6, 6.07) is 7.95. The van der Waals surface area contributed by atoms with E-state index in [1.807, 2.05) is 30.5 Å². The minimum Gasteiger partial charge on any atom is -0.481 e. The maximum atomic E-state index is 5.69. The van der Waals surface area contributed by atoms with Crippen molar-refractivity contribution in [3.05, 3.63) is 48.0 Å². The van der Waals surface area contributed by atoms with Crippen LogP contribution in [0.3, 0.4) is 0 Å². The number of hydrogen-bond acceptors (Lipinski definition) is 6. The Morgan fingerprint density at radius 1 is 1.33 bits per heavy atom. The first-order chi connectivity index (χ1) is 11.8. The number of aromatic nitrogens is 4. The van der Waals surface area contributed by atoms with Crippen LogP contribution in [0.5, 0.6) is 5.88 Å². The fraction of sp³-hybridized carbons (Fsp3) is 0.353. The first-order valence-electron chi connectivity index (χ1n) is 7.94. The maximum absolute atomic E-state index is 5.69. The molecule has 7 nitrogen and oxygen atoms in total. The summed E-state index contributed by atoms with van der Waals surface area (Å²) in [5, 5.41) is 3.47. The van der Waals surface area contributed by atoms with E-state index in [-0.39, 0.29) is 6.04 Å². The van der Waals surface area contributed by atoms with Crippen LogP contribution in [0, 0.1) is 0 Å². The fourth-order valence-electron chi connectivity index (χ4n) is 2.99. The summed E-state index contributed by atoms with van der Waals surface area (Å²) < 4.78 is 13.0. The van der Waals surface area contributed by atoms with Gasteiger partial charge in [-0.2, -0.15) is 0 Å². The summed E-state index contributed by atoms with van der Waals surface area (Å²) >= 11 is 0. The minimum atomic E-state index is 0.180. The van der Waals surface area contributed by atoms with Crippen molar-refractivity contribution < 1.29 is 9.47 Å². The molecular weight excluding hydrogens is 306 g/mol. The number of pyridine rings is 2. The molecule has 3 aromatic rings. The number of nitrogens with one attached hydrogen (secondary N) is 1. The molecule has 0 aliphatic carbocycles. The summed E-state index contributed by atoms with van der Waals surface area (Å²) in [7, 11) is 1.62. The van der Waals surface area contributed by atoms with Gasteiger partial charge in [-0.1, -0.05) is 6.07 Å². The molecule has 24 heavy (non-hydrogen) atoms. The average Bonchev–Trinajstić information content (AvgIpc) is 3.02. The van der Waals surface area contributed by atoms with Crippen molar-refractivity contribution >= 4 is 11.2 Å². The van der Waals surface area contributed by atoms with E-state index in [2.05, 4.69) is 24.8 Å². The molecule has 0 radical (unpaired) electrons. The third kappa shape index (κ3) is 2.83. The van der Waals surface area contributed by atoms with Crippen molar-refractivity contribution in [3.8, 4) is 5.88 Å². The van der Waals surface area contributed by atoms with Crippen LogP contribution in [0.25, 0.3) is 11.2 Å². The van der Waals surface area contributed by atoms with Crippen molar-refractivity contribution in [1.82, 2.24) is 24.8 Å². The molecule has 0 spiro atoms. The van der Waals surface area contributed by atoms with Gasteiger partial charge in [0, 0.05) is 31.5 Å². The molecule has 0 bridgehead atoms. The van der Waals surface area contributed by atoms with E-state index in [4.69, 9.17) is 9.47 Å². The van der Waals surface area contributed by atoms with E-state index in [1.165, 1.54) is 0 Å². The van der Waals surface area contributed by atoms with E-state index in [0.717, 1.165) is 35.6 Å². The van der Waals surface area contributed by atoms with Crippen LogP contribution in [0.4, 0.5) is 0 Å². The van der Waals surface area contributed by atoms with Gasteiger partial charge in [-0.15, -0.1) is 0 Å². The Morgan fingerprint density at radius 2 is 2.29 bits per heavy atom. The van der Waals surface area contributed by atoms with Gasteiger partial charge >= 0.3 is 0 Å². The van der Waals surface area contributed by atoms with Crippen molar-refractivity contribution in [2.24, 2.45) is 0 Å². The third-order valence-corrected chi connectivity index (χ3v) is 4.14. The molecule has 124 valence electrons. The molecule has 0 saturated carbocycles. The average molecular weight is 325 g/mol. The standard InChI is InChI=1S/C17H19N5O2/c1-23-16-5-4-12(8-20-16)7-18-9-13-10-24-11-15-21-14-3-2-6-19-17(14)22(13)15/h2-6,8,13,18H,7,9-11H2,1H3/t13-/m0/s1. The van der Waals surface area contributed by atoms with Gasteiger partial charge in [0.2, 0.25) is 5.88 Å². The van der Waals surface area contributed by atoms with Crippen LogP contribution < -0.4 is 10.1 Å². The molecule has 1 atom stereocenters. The van der Waals surface area contributed by atoms with E-state index in [0.29, 0.717) is 19.1 Å². The quantitative estimate of drug-likeness (QED) is 0.769. The zero-order valence-electron chi connectivity index (χ0n) is 13.5. The molecule has 0 amide bonds. The highest BCUT2D eigenvalue weighted by atomic mass is 16.5. The summed E-state index contributed by atoms with van der Waals surface area (Å²) in [5.74, 6) is 1.56. The van der Waals surface area contributed by atoms with E-state index in [9.17, 15) is 0 Å². The Balaban J connectivity index is 1.46. The van der Waals surface area contributed by atoms with E-state index in [1.54, 1.807) is 13.3 Å². The van der Waals surface area contributed by atoms with Gasteiger partial charge in [0.1, 0.15) is 17.9 Å². The largest absolute Gasteiger partial charge is 0.481 e. The van der Waals surface area contributed by atoms with Crippen molar-refractivity contribution in [2.45, 2.75) is 19.2 Å². The topological polar surface area (TPSA) is 74.1 Å². The highest BCUT2D eigenvalue weighted by Crippen LogP contribution is 2.24. The predicted octanol–water partition coefficient (Wildman–Crippen LogP) is 1.70. The van der Waals surface area contributed by atoms with Crippen LogP contribution in [0.2, 0.25) is 0 Å². The van der Waals surface area contributed by atoms with Crippen LogP contribution >= 0.6 is 0 Å². The Hall–Kier alpha value is -2.51. The lowest BCUT2D eigenvalue weighted by molar-refractivity contribution is 0.0561. The molecule has 0 fully saturated rings. The predicted molar refractivity (Wildman–Crippen MR) is 88.7 cm³/mol. The highest BCUT2D eigenvalue weighted by molar-refractivity contribution is 5.71. The SMILES string of the molecule is COc1ccc(CNC[C@H]2COCc3nc4cccnc4n32)cn1. The molecule has 1 N–H and O–H groups in total. The fourth-order valence-corrected chi connectivity index (χ4v) is 2.99. The number of rotatable bonds is 5. The van der Waals surface area contributed by atoms with Gasteiger partial charge in [-0.05, 0) is 17.7 Å². The molecule has 3 aromatic heterocycles. The number of hydrogen-bond donors (Lipinski definition) is 1. The monoisotopic (exact) mass is 325 g/mol. The Kier molecular flexibility index (Phi) is 4.10. The summed E-state index contributed by atoms with van der Waals surface area (Å²) in [4.78, 5) is 13.3. The van der Waals surface area contributed by atoms with Gasteiger partial charge in [0.25, 0.3) is 0 Å². The number of nitrogens with zero attached hydrogens (tertiary/aromatic N) is 4. The van der Waals surface area contributed by atoms with Gasteiger partial charge in [0.05, 0.1) is 19.8 Å². The van der Waals surface area contributed by atoms with Crippen molar-refractivity contribution in [1.29, 1.82) is 0 Å². The summed E-state index contributed by atoms with van der Waals surface area (Å²) in [5.41, 5.74) is 2.96. The molecule has 1 aliphatic rings. The molecule has 0 saturated heterocycles. The number of imidazole rings is 1. The lowest BCUT2D eigenvalue weighted by Crippen LogP contribution is -2.32. The molecule has 7 heteroatoms. The number of methoxy groups -OCH3 is 1. The van der Waals surface area contributed by atoms with Crippen LogP contribution in [-0.4, -0.2) is 39.8 Å². The van der Waals surface area contributed by atoms with E-state index >= 15 is 0 Å². The molecular formula is C17H19N5O2. The number of fused-ring (bicyclic) bond motifs is 3. The molecule has 4 heterocycles. The molecule has 0 unspecified atom stereocenters. The van der Waals surface area contributed by atoms with Crippen molar-refractivity contribution in [3.63, 3.8) is 0 Å². The maximum Gasteiger partial charge on any atom is 0.212 e. The second-order valence-electron chi connectivity index (χ2n) is 5.75. The molecule has 1 aliphatic heterocycles. The van der Waals surface area contributed by atoms with Crippen LogP contribution in [-0.2, 0) is 17.9 Å². The van der Waals surface area contributed by atoms with Crippen LogP contribution in [0.1, 0.15) is 17.4 Å². The lowest BCUT2D eigenvalue weighted by Gasteiger charge is -2.26. The summed E-state index contributed by atoms with van der Waals surface area (Å²) in [6.07, 6.45) is 3.63. The summed E-state index contributed by atoms with van der Waals surface area (Å²) in [6.45, 7) is 2.71. The first-order valence-corrected chi connectivity index (χ1v) is 7.94. The Bertz CT molecular complexity index is 831. The molecule has 0 aromatic carbocycles. The zero-order valence-corrected chi connectivity index (χ0v) is 13.5. The highest BCUT2D eigenvalue weighted by Gasteiger charge is 2.24. The second kappa shape index (κ2) is 6.54. The van der Waals surface area contributed by atoms with Crippen molar-refractivity contribution in [2.75, 3.05) is 20.3 Å². The Morgan fingerprint density at radius 3 is 3.12 bits per heavy atom. The first kappa shape index (κ1) is 15.0. The smallest absolute Gasteiger partial charge is 0.212 e. The van der Waals surface area contributed by atoms with Gasteiger partial charge in [-0.25, -0.2) is 15.0 Å². The second-order valence-corrected chi connectivity index (χ2v) is 5.75. The van der Waals surface area contributed by atoms with Gasteiger partial charge < -0.3 is 19.4 Å². The van der Waals surface area contributed by atoms with Gasteiger partial charge in [-0.3, -0.25) is 0 Å². The van der Waals surface area contributed by atoms with Crippen LogP contribution in [0.15, 0.2) is 36.7 Å². The molecule has 4 rings (SSSR count). The minimum absolute atomic E-state index is 0.180. The lowest BCUT2D eigenvalue weighted by atomic mass is 10.2. The van der Waals surface area contributed by atoms with E-state index < -0.39 is 0 Å². The third-order valence-electron chi connectivity index (χ3n) is 4.14. The Labute approximate surface area is 139 Å².